The Morgan fingerprint density at radius 2 is 1.61 bits per heavy atom. The molecule has 5 aromatic rings. The van der Waals surface area contributed by atoms with Crippen LogP contribution in [-0.2, 0) is 20.9 Å². The van der Waals surface area contributed by atoms with Gasteiger partial charge in [-0.15, -0.1) is 0 Å². The smallest absolute Gasteiger partial charge is 0.412 e. The Balaban J connectivity index is 1.57. The van der Waals surface area contributed by atoms with E-state index in [9.17, 15) is 9.59 Å². The predicted octanol–water partition coefficient (Wildman–Crippen LogP) is 5.90. The zero-order valence-electron chi connectivity index (χ0n) is 22.5. The lowest BCUT2D eigenvalue weighted by atomic mass is 10.0. The zero-order chi connectivity index (χ0) is 28.6. The molecule has 2 heterocycles. The summed E-state index contributed by atoms with van der Waals surface area (Å²) in [5, 5.41) is 3.28. The number of amides is 1. The van der Waals surface area contributed by atoms with E-state index in [0.717, 1.165) is 22.1 Å². The molecule has 9 heteroatoms. The van der Waals surface area contributed by atoms with E-state index in [1.165, 1.54) is 13.2 Å². The van der Waals surface area contributed by atoms with Crippen LogP contribution in [0.5, 0.6) is 0 Å². The van der Waals surface area contributed by atoms with Crippen LogP contribution in [0.15, 0.2) is 109 Å². The van der Waals surface area contributed by atoms with Crippen molar-refractivity contribution in [2.75, 3.05) is 19.1 Å². The second kappa shape index (κ2) is 12.5. The number of carbonyl (C=O) groups is 2. The molecule has 0 unspecified atom stereocenters. The molecule has 41 heavy (non-hydrogen) atoms. The van der Waals surface area contributed by atoms with Gasteiger partial charge >= 0.3 is 12.1 Å². The molecule has 1 amide bonds. The average molecular weight is 546 g/mol. The first-order chi connectivity index (χ1) is 20.0. The Labute approximate surface area is 237 Å². The number of rotatable bonds is 8. The molecule has 0 fully saturated rings. The van der Waals surface area contributed by atoms with Crippen LogP contribution in [0.2, 0.25) is 0 Å². The average Bonchev–Trinajstić information content (AvgIpc) is 3.03. The minimum absolute atomic E-state index is 0.0366. The SMILES string of the molecule is COC(=O)/C(=C\c1nc(N(C)c2ccccn2)c2c(-c3ccccc3)cccc2n1)NC(=O)OCc1ccccc1. The Kier molecular flexibility index (Phi) is 8.25. The van der Waals surface area contributed by atoms with Crippen LogP contribution in [0.1, 0.15) is 11.4 Å². The van der Waals surface area contributed by atoms with Crippen LogP contribution in [0.3, 0.4) is 0 Å². The Morgan fingerprint density at radius 3 is 2.32 bits per heavy atom. The summed E-state index contributed by atoms with van der Waals surface area (Å²) in [6.07, 6.45) is 2.25. The highest BCUT2D eigenvalue weighted by molar-refractivity contribution is 6.03. The number of anilines is 2. The van der Waals surface area contributed by atoms with Gasteiger partial charge in [0.15, 0.2) is 5.82 Å². The molecular formula is C32H27N5O4. The monoisotopic (exact) mass is 545 g/mol. The van der Waals surface area contributed by atoms with Gasteiger partial charge in [0.05, 0.1) is 18.0 Å². The van der Waals surface area contributed by atoms with Gasteiger partial charge < -0.3 is 14.4 Å². The molecule has 0 aliphatic rings. The molecular weight excluding hydrogens is 518 g/mol. The van der Waals surface area contributed by atoms with Crippen molar-refractivity contribution in [2.24, 2.45) is 0 Å². The van der Waals surface area contributed by atoms with Crippen LogP contribution < -0.4 is 10.2 Å². The van der Waals surface area contributed by atoms with Crippen LogP contribution >= 0.6 is 0 Å². The largest absolute Gasteiger partial charge is 0.464 e. The summed E-state index contributed by atoms with van der Waals surface area (Å²) >= 11 is 0. The van der Waals surface area contributed by atoms with Gasteiger partial charge in [0.25, 0.3) is 0 Å². The van der Waals surface area contributed by atoms with E-state index < -0.39 is 12.1 Å². The Bertz CT molecular complexity index is 1690. The van der Waals surface area contributed by atoms with E-state index in [2.05, 4.69) is 10.3 Å². The zero-order valence-corrected chi connectivity index (χ0v) is 22.5. The van der Waals surface area contributed by atoms with Gasteiger partial charge in [-0.25, -0.2) is 24.5 Å². The quantitative estimate of drug-likeness (QED) is 0.190. The summed E-state index contributed by atoms with van der Waals surface area (Å²) in [7, 11) is 3.08. The number of nitrogens with zero attached hydrogens (tertiary/aromatic N) is 4. The molecule has 204 valence electrons. The maximum Gasteiger partial charge on any atom is 0.412 e. The minimum Gasteiger partial charge on any atom is -0.464 e. The summed E-state index contributed by atoms with van der Waals surface area (Å²) in [4.78, 5) is 41.1. The highest BCUT2D eigenvalue weighted by Crippen LogP contribution is 2.36. The van der Waals surface area contributed by atoms with Crippen LogP contribution in [0.4, 0.5) is 16.4 Å². The van der Waals surface area contributed by atoms with E-state index in [-0.39, 0.29) is 18.1 Å². The third-order valence-corrected chi connectivity index (χ3v) is 6.25. The molecule has 0 spiro atoms. The number of esters is 1. The fourth-order valence-electron chi connectivity index (χ4n) is 4.26. The van der Waals surface area contributed by atoms with Crippen molar-refractivity contribution in [3.05, 3.63) is 120 Å². The lowest BCUT2D eigenvalue weighted by Gasteiger charge is -2.21. The molecule has 0 bridgehead atoms. The molecule has 2 aromatic heterocycles. The van der Waals surface area contributed by atoms with Crippen molar-refractivity contribution in [1.82, 2.24) is 20.3 Å². The number of carbonyl (C=O) groups excluding carboxylic acids is 2. The van der Waals surface area contributed by atoms with Crippen LogP contribution in [0.25, 0.3) is 28.1 Å². The maximum atomic E-state index is 12.6. The molecule has 5 rings (SSSR count). The molecule has 0 saturated carbocycles. The van der Waals surface area contributed by atoms with Crippen LogP contribution in [0, 0.1) is 0 Å². The lowest BCUT2D eigenvalue weighted by molar-refractivity contribution is -0.136. The summed E-state index contributed by atoms with van der Waals surface area (Å²) < 4.78 is 10.2. The second-order valence-corrected chi connectivity index (χ2v) is 8.95. The number of methoxy groups -OCH3 is 1. The van der Waals surface area contributed by atoms with Gasteiger partial charge in [0.1, 0.15) is 23.9 Å². The van der Waals surface area contributed by atoms with Crippen LogP contribution in [-0.4, -0.2) is 41.2 Å². The predicted molar refractivity (Wildman–Crippen MR) is 157 cm³/mol. The van der Waals surface area contributed by atoms with Crippen molar-refractivity contribution < 1.29 is 19.1 Å². The van der Waals surface area contributed by atoms with E-state index in [4.69, 9.17) is 19.4 Å². The highest BCUT2D eigenvalue weighted by atomic mass is 16.6. The van der Waals surface area contributed by atoms with Gasteiger partial charge in [-0.1, -0.05) is 78.9 Å². The second-order valence-electron chi connectivity index (χ2n) is 8.95. The minimum atomic E-state index is -0.816. The van der Waals surface area contributed by atoms with Gasteiger partial charge in [-0.05, 0) is 34.9 Å². The van der Waals surface area contributed by atoms with Crippen molar-refractivity contribution in [3.63, 3.8) is 0 Å². The van der Waals surface area contributed by atoms with Gasteiger partial charge in [-0.2, -0.15) is 0 Å². The van der Waals surface area contributed by atoms with Gasteiger partial charge in [-0.3, -0.25) is 5.32 Å². The number of nitrogens with one attached hydrogen (secondary N) is 1. The van der Waals surface area contributed by atoms with E-state index in [1.54, 1.807) is 6.20 Å². The third-order valence-electron chi connectivity index (χ3n) is 6.25. The van der Waals surface area contributed by atoms with E-state index in [0.29, 0.717) is 17.2 Å². The lowest BCUT2D eigenvalue weighted by Crippen LogP contribution is -2.28. The number of alkyl carbamates (subject to hydrolysis) is 1. The maximum absolute atomic E-state index is 12.6. The molecule has 0 saturated heterocycles. The number of hydrogen-bond donors (Lipinski definition) is 1. The van der Waals surface area contributed by atoms with E-state index in [1.807, 2.05) is 109 Å². The molecule has 9 nitrogen and oxygen atoms in total. The van der Waals surface area contributed by atoms with E-state index >= 15 is 0 Å². The highest BCUT2D eigenvalue weighted by Gasteiger charge is 2.20. The molecule has 0 aliphatic heterocycles. The summed E-state index contributed by atoms with van der Waals surface area (Å²) in [6, 6.07) is 30.6. The number of fused-ring (bicyclic) bond motifs is 1. The van der Waals surface area contributed by atoms with Gasteiger partial charge in [0, 0.05) is 19.3 Å². The summed E-state index contributed by atoms with van der Waals surface area (Å²) in [5.74, 6) is 0.642. The topological polar surface area (TPSA) is 107 Å². The number of pyridine rings is 1. The fourth-order valence-corrected chi connectivity index (χ4v) is 4.26. The summed E-state index contributed by atoms with van der Waals surface area (Å²) in [6.45, 7) is 0.0366. The number of aromatic nitrogens is 3. The molecule has 0 radical (unpaired) electrons. The van der Waals surface area contributed by atoms with Crippen molar-refractivity contribution in [2.45, 2.75) is 6.61 Å². The van der Waals surface area contributed by atoms with Crippen molar-refractivity contribution >= 4 is 40.7 Å². The number of ether oxygens (including phenoxy) is 2. The molecule has 0 aliphatic carbocycles. The molecule has 1 N–H and O–H groups in total. The summed E-state index contributed by atoms with van der Waals surface area (Å²) in [5.41, 5.74) is 3.21. The van der Waals surface area contributed by atoms with Gasteiger partial charge in [0.2, 0.25) is 0 Å². The van der Waals surface area contributed by atoms with Crippen molar-refractivity contribution in [3.8, 4) is 11.1 Å². The number of hydrogen-bond acceptors (Lipinski definition) is 8. The normalized spacial score (nSPS) is 11.1. The Hall–Kier alpha value is -5.57. The Morgan fingerprint density at radius 1 is 0.878 bits per heavy atom. The third kappa shape index (κ3) is 6.36. The first-order valence-electron chi connectivity index (χ1n) is 12.8. The fraction of sp³-hybridized carbons (Fsp3) is 0.0938. The first kappa shape index (κ1) is 27.0. The standard InChI is InChI=1S/C32H27N5O4/c1-37(28-18-9-10-19-33-28)30-29-24(23-14-7-4-8-15-23)16-11-17-25(29)34-27(36-30)20-26(31(38)40-2)35-32(39)41-21-22-12-5-3-6-13-22/h3-20H,21H2,1-2H3,(H,35,39)/b26-20+. The molecule has 0 atom stereocenters. The molecule has 3 aromatic carbocycles. The van der Waals surface area contributed by atoms with Crippen molar-refractivity contribution in [1.29, 1.82) is 0 Å². The first-order valence-corrected chi connectivity index (χ1v) is 12.8. The number of benzene rings is 3.